The Morgan fingerprint density at radius 3 is 2.61 bits per heavy atom. The summed E-state index contributed by atoms with van der Waals surface area (Å²) in [5.74, 6) is 0.512. The summed E-state index contributed by atoms with van der Waals surface area (Å²) in [6, 6.07) is 0. The number of nitrogens with two attached hydrogens (primary N) is 1. The van der Waals surface area contributed by atoms with E-state index in [9.17, 15) is 0 Å². The number of imidazole rings is 1. The maximum atomic E-state index is 6.01. The van der Waals surface area contributed by atoms with Crippen molar-refractivity contribution in [2.45, 2.75) is 39.3 Å². The minimum absolute atomic E-state index is 0.293. The van der Waals surface area contributed by atoms with E-state index in [1.54, 1.807) is 7.11 Å². The Balaban J connectivity index is 2.57. The molecule has 2 heterocycles. The van der Waals surface area contributed by atoms with E-state index in [0.29, 0.717) is 12.5 Å². The number of hydrogen-bond donors (Lipinski definition) is 1. The molecule has 6 nitrogen and oxygen atoms in total. The third-order valence-corrected chi connectivity index (χ3v) is 3.25. The van der Waals surface area contributed by atoms with Gasteiger partial charge in [0.15, 0.2) is 5.65 Å². The lowest BCUT2D eigenvalue weighted by Crippen LogP contribution is -2.30. The smallest absolute Gasteiger partial charge is 0.202 e. The first-order chi connectivity index (χ1) is 8.39. The van der Waals surface area contributed by atoms with Gasteiger partial charge in [-0.15, -0.1) is 0 Å². The molecule has 0 saturated heterocycles. The molecule has 2 N–H and O–H groups in total. The molecule has 0 bridgehead atoms. The van der Waals surface area contributed by atoms with Crippen LogP contribution in [-0.2, 0) is 24.8 Å². The molecule has 18 heavy (non-hydrogen) atoms. The van der Waals surface area contributed by atoms with E-state index in [2.05, 4.69) is 17.0 Å². The van der Waals surface area contributed by atoms with Gasteiger partial charge >= 0.3 is 0 Å². The largest absolute Gasteiger partial charge is 0.377 e. The fourth-order valence-electron chi connectivity index (χ4n) is 2.10. The number of fused-ring (bicyclic) bond motifs is 1. The van der Waals surface area contributed by atoms with E-state index in [4.69, 9.17) is 10.5 Å². The third-order valence-electron chi connectivity index (χ3n) is 3.25. The van der Waals surface area contributed by atoms with Crippen molar-refractivity contribution in [2.24, 2.45) is 7.05 Å². The molecule has 0 aliphatic heterocycles. The van der Waals surface area contributed by atoms with Crippen LogP contribution in [-0.4, -0.2) is 32.0 Å². The van der Waals surface area contributed by atoms with E-state index in [1.165, 1.54) is 0 Å². The second-order valence-electron chi connectivity index (χ2n) is 5.12. The highest BCUT2D eigenvalue weighted by Crippen LogP contribution is 2.24. The lowest BCUT2D eigenvalue weighted by Gasteiger charge is -2.24. The van der Waals surface area contributed by atoms with Crippen molar-refractivity contribution in [2.75, 3.05) is 12.8 Å². The van der Waals surface area contributed by atoms with Crippen LogP contribution in [0.2, 0.25) is 0 Å². The van der Waals surface area contributed by atoms with Crippen molar-refractivity contribution in [3.63, 3.8) is 0 Å². The zero-order valence-corrected chi connectivity index (χ0v) is 11.7. The normalized spacial score (nSPS) is 12.5. The van der Waals surface area contributed by atoms with Gasteiger partial charge in [-0.05, 0) is 20.3 Å². The van der Waals surface area contributed by atoms with Crippen LogP contribution in [0.1, 0.15) is 26.5 Å². The van der Waals surface area contributed by atoms with Gasteiger partial charge in [0.05, 0.1) is 17.8 Å². The molecule has 0 amide bonds. The predicted molar refractivity (Wildman–Crippen MR) is 71.4 cm³/mol. The van der Waals surface area contributed by atoms with Gasteiger partial charge in [0, 0.05) is 14.2 Å². The second kappa shape index (κ2) is 4.28. The van der Waals surface area contributed by atoms with Gasteiger partial charge in [-0.1, -0.05) is 6.92 Å². The highest BCUT2D eigenvalue weighted by Gasteiger charge is 2.23. The Hall–Kier alpha value is -1.56. The van der Waals surface area contributed by atoms with Crippen LogP contribution in [0.5, 0.6) is 0 Å². The van der Waals surface area contributed by atoms with Gasteiger partial charge in [0.2, 0.25) is 5.95 Å². The number of aromatic nitrogens is 4. The van der Waals surface area contributed by atoms with E-state index >= 15 is 0 Å². The third kappa shape index (κ3) is 1.96. The van der Waals surface area contributed by atoms with Crippen LogP contribution < -0.4 is 5.73 Å². The van der Waals surface area contributed by atoms with Gasteiger partial charge in [-0.2, -0.15) is 5.10 Å². The quantitative estimate of drug-likeness (QED) is 0.890. The first kappa shape index (κ1) is 12.9. The van der Waals surface area contributed by atoms with Crippen LogP contribution in [0, 0.1) is 0 Å². The Kier molecular flexibility index (Phi) is 3.06. The SMILES string of the molecule is CCc1nn(C)c2c1nc(N)n2CC(C)(C)OC. The van der Waals surface area contributed by atoms with Crippen LogP contribution in [0.4, 0.5) is 5.95 Å². The predicted octanol–water partition coefficient (Wildman–Crippen LogP) is 1.34. The average Bonchev–Trinajstić information content (AvgIpc) is 2.78. The van der Waals surface area contributed by atoms with E-state index in [1.807, 2.05) is 30.1 Å². The number of hydrogen-bond acceptors (Lipinski definition) is 4. The molecule has 100 valence electrons. The molecule has 0 spiro atoms. The molecular formula is C12H21N5O. The van der Waals surface area contributed by atoms with Crippen molar-refractivity contribution < 1.29 is 4.74 Å². The Morgan fingerprint density at radius 1 is 1.39 bits per heavy atom. The monoisotopic (exact) mass is 251 g/mol. The summed E-state index contributed by atoms with van der Waals surface area (Å²) < 4.78 is 9.25. The maximum absolute atomic E-state index is 6.01. The zero-order valence-electron chi connectivity index (χ0n) is 11.7. The van der Waals surface area contributed by atoms with Crippen molar-refractivity contribution in [3.8, 4) is 0 Å². The van der Waals surface area contributed by atoms with E-state index in [0.717, 1.165) is 23.3 Å². The molecule has 6 heteroatoms. The van der Waals surface area contributed by atoms with Gasteiger partial charge in [-0.3, -0.25) is 9.25 Å². The topological polar surface area (TPSA) is 70.9 Å². The Labute approximate surface area is 107 Å². The Bertz CT molecular complexity index is 567. The molecule has 0 saturated carbocycles. The average molecular weight is 251 g/mol. The first-order valence-corrected chi connectivity index (χ1v) is 6.12. The fraction of sp³-hybridized carbons (Fsp3) is 0.667. The van der Waals surface area contributed by atoms with E-state index < -0.39 is 0 Å². The van der Waals surface area contributed by atoms with Crippen molar-refractivity contribution in [1.29, 1.82) is 0 Å². The number of rotatable bonds is 4. The van der Waals surface area contributed by atoms with Gasteiger partial charge < -0.3 is 10.5 Å². The van der Waals surface area contributed by atoms with Crippen LogP contribution in [0.15, 0.2) is 0 Å². The molecule has 0 aliphatic carbocycles. The van der Waals surface area contributed by atoms with Gasteiger partial charge in [0.1, 0.15) is 5.52 Å². The number of ether oxygens (including phenoxy) is 1. The first-order valence-electron chi connectivity index (χ1n) is 6.12. The number of methoxy groups -OCH3 is 1. The van der Waals surface area contributed by atoms with Crippen molar-refractivity contribution in [3.05, 3.63) is 5.69 Å². The van der Waals surface area contributed by atoms with Crippen molar-refractivity contribution in [1.82, 2.24) is 19.3 Å². The molecule has 0 aromatic carbocycles. The maximum Gasteiger partial charge on any atom is 0.202 e. The van der Waals surface area contributed by atoms with Crippen LogP contribution in [0.3, 0.4) is 0 Å². The fourth-order valence-corrected chi connectivity index (χ4v) is 2.10. The number of nitrogen functional groups attached to an aromatic ring is 1. The van der Waals surface area contributed by atoms with E-state index in [-0.39, 0.29) is 5.60 Å². The van der Waals surface area contributed by atoms with Gasteiger partial charge in [-0.25, -0.2) is 4.98 Å². The van der Waals surface area contributed by atoms with Crippen LogP contribution in [0.25, 0.3) is 11.2 Å². The highest BCUT2D eigenvalue weighted by molar-refractivity contribution is 5.77. The van der Waals surface area contributed by atoms with Gasteiger partial charge in [0.25, 0.3) is 0 Å². The summed E-state index contributed by atoms with van der Waals surface area (Å²) in [6.07, 6.45) is 0.849. The summed E-state index contributed by atoms with van der Waals surface area (Å²) in [6.45, 7) is 6.76. The van der Waals surface area contributed by atoms with Crippen molar-refractivity contribution >= 4 is 17.1 Å². The molecule has 2 aromatic rings. The van der Waals surface area contributed by atoms with Crippen LogP contribution >= 0.6 is 0 Å². The molecule has 0 radical (unpaired) electrons. The minimum Gasteiger partial charge on any atom is -0.377 e. The second-order valence-corrected chi connectivity index (χ2v) is 5.12. The highest BCUT2D eigenvalue weighted by atomic mass is 16.5. The summed E-state index contributed by atoms with van der Waals surface area (Å²) in [5.41, 5.74) is 8.54. The summed E-state index contributed by atoms with van der Waals surface area (Å²) in [4.78, 5) is 4.43. The molecule has 0 atom stereocenters. The minimum atomic E-state index is -0.293. The Morgan fingerprint density at radius 2 is 2.06 bits per heavy atom. The molecular weight excluding hydrogens is 230 g/mol. The number of anilines is 1. The standard InChI is InChI=1S/C12H21N5O/c1-6-8-9-10(16(4)15-8)17(11(13)14-9)7-12(2,3)18-5/h6-7H2,1-5H3,(H2,13,14). The molecule has 0 unspecified atom stereocenters. The summed E-state index contributed by atoms with van der Waals surface area (Å²) in [7, 11) is 3.62. The summed E-state index contributed by atoms with van der Waals surface area (Å²) >= 11 is 0. The molecule has 0 fully saturated rings. The molecule has 2 rings (SSSR count). The summed E-state index contributed by atoms with van der Waals surface area (Å²) in [5, 5.41) is 4.46. The molecule has 2 aromatic heterocycles. The zero-order chi connectivity index (χ0) is 13.5. The number of aryl methyl sites for hydroxylation is 2. The number of nitrogens with zero attached hydrogens (tertiary/aromatic N) is 4. The lowest BCUT2D eigenvalue weighted by atomic mass is 10.1. The lowest BCUT2D eigenvalue weighted by molar-refractivity contribution is 0.00926. The molecule has 0 aliphatic rings.